The van der Waals surface area contributed by atoms with Gasteiger partial charge < -0.3 is 14.9 Å². The summed E-state index contributed by atoms with van der Waals surface area (Å²) in [6.45, 7) is 5.27. The molecule has 3 nitrogen and oxygen atoms in total. The van der Waals surface area contributed by atoms with E-state index in [4.69, 9.17) is 14.9 Å². The molecular formula is C11H19NO2. The Morgan fingerprint density at radius 3 is 3.00 bits per heavy atom. The molecule has 0 aromatic carbocycles. The summed E-state index contributed by atoms with van der Waals surface area (Å²) in [5.74, 6) is 0.857. The Labute approximate surface area is 85.2 Å². The summed E-state index contributed by atoms with van der Waals surface area (Å²) < 4.78 is 10.9. The van der Waals surface area contributed by atoms with Gasteiger partial charge in [0.25, 0.3) is 0 Å². The van der Waals surface area contributed by atoms with Crippen molar-refractivity contribution in [2.75, 3.05) is 0 Å². The second-order valence-corrected chi connectivity index (χ2v) is 3.48. The summed E-state index contributed by atoms with van der Waals surface area (Å²) in [4.78, 5) is 0. The summed E-state index contributed by atoms with van der Waals surface area (Å²) in [6.07, 6.45) is 4.17. The Kier molecular flexibility index (Phi) is 4.70. The second-order valence-electron chi connectivity index (χ2n) is 3.48. The zero-order valence-electron chi connectivity index (χ0n) is 8.95. The molecule has 80 valence electrons. The fourth-order valence-electron chi connectivity index (χ4n) is 1.38. The van der Waals surface area contributed by atoms with Gasteiger partial charge >= 0.3 is 0 Å². The molecule has 0 radical (unpaired) electrons. The highest BCUT2D eigenvalue weighted by Crippen LogP contribution is 2.13. The summed E-state index contributed by atoms with van der Waals surface area (Å²) in [6, 6.07) is 1.89. The van der Waals surface area contributed by atoms with E-state index in [-0.39, 0.29) is 6.10 Å². The van der Waals surface area contributed by atoms with E-state index in [9.17, 15) is 0 Å². The van der Waals surface area contributed by atoms with Crippen molar-refractivity contribution in [3.8, 4) is 0 Å². The fourth-order valence-corrected chi connectivity index (χ4v) is 1.38. The van der Waals surface area contributed by atoms with Crippen LogP contribution in [0.25, 0.3) is 0 Å². The zero-order valence-corrected chi connectivity index (χ0v) is 8.95. The molecule has 14 heavy (non-hydrogen) atoms. The quantitative estimate of drug-likeness (QED) is 0.762. The minimum absolute atomic E-state index is 0.288. The first-order valence-corrected chi connectivity index (χ1v) is 5.14. The Hall–Kier alpha value is -0.800. The highest BCUT2D eigenvalue weighted by molar-refractivity contribution is 5.15. The van der Waals surface area contributed by atoms with Crippen molar-refractivity contribution < 1.29 is 9.15 Å². The van der Waals surface area contributed by atoms with Gasteiger partial charge in [-0.25, -0.2) is 0 Å². The molecule has 1 aromatic heterocycles. The normalized spacial score (nSPS) is 13.1. The third kappa shape index (κ3) is 3.16. The van der Waals surface area contributed by atoms with Crippen LogP contribution in [0, 0.1) is 0 Å². The SMILES string of the molecule is CCCC(C)OCc1occc1CN. The highest BCUT2D eigenvalue weighted by Gasteiger charge is 2.07. The largest absolute Gasteiger partial charge is 0.467 e. The third-order valence-electron chi connectivity index (χ3n) is 2.25. The van der Waals surface area contributed by atoms with E-state index < -0.39 is 0 Å². The third-order valence-corrected chi connectivity index (χ3v) is 2.25. The molecule has 0 aliphatic carbocycles. The fraction of sp³-hybridized carbons (Fsp3) is 0.636. The molecule has 0 saturated heterocycles. The van der Waals surface area contributed by atoms with Crippen molar-refractivity contribution in [2.24, 2.45) is 5.73 Å². The van der Waals surface area contributed by atoms with Gasteiger partial charge in [0, 0.05) is 12.1 Å². The van der Waals surface area contributed by atoms with E-state index in [1.807, 2.05) is 6.07 Å². The number of nitrogens with two attached hydrogens (primary N) is 1. The van der Waals surface area contributed by atoms with E-state index in [2.05, 4.69) is 13.8 Å². The first-order valence-electron chi connectivity index (χ1n) is 5.14. The summed E-state index contributed by atoms with van der Waals surface area (Å²) in [5.41, 5.74) is 6.58. The predicted molar refractivity (Wildman–Crippen MR) is 55.8 cm³/mol. The van der Waals surface area contributed by atoms with Gasteiger partial charge in [-0.2, -0.15) is 0 Å². The molecule has 1 rings (SSSR count). The van der Waals surface area contributed by atoms with Gasteiger partial charge in [-0.15, -0.1) is 0 Å². The zero-order chi connectivity index (χ0) is 10.4. The maximum absolute atomic E-state index is 5.62. The highest BCUT2D eigenvalue weighted by atomic mass is 16.5. The van der Waals surface area contributed by atoms with Crippen molar-refractivity contribution in [1.29, 1.82) is 0 Å². The van der Waals surface area contributed by atoms with Gasteiger partial charge in [-0.05, 0) is 19.4 Å². The molecule has 2 N–H and O–H groups in total. The summed E-state index contributed by atoms with van der Waals surface area (Å²) in [5, 5.41) is 0. The van der Waals surface area contributed by atoms with Gasteiger partial charge in [0.15, 0.2) is 0 Å². The van der Waals surface area contributed by atoms with Crippen LogP contribution in [-0.2, 0) is 17.9 Å². The van der Waals surface area contributed by atoms with Gasteiger partial charge in [-0.1, -0.05) is 13.3 Å². The van der Waals surface area contributed by atoms with Crippen LogP contribution in [0.2, 0.25) is 0 Å². The molecule has 1 aromatic rings. The molecule has 1 atom stereocenters. The standard InChI is InChI=1S/C11H19NO2/c1-3-4-9(2)14-8-11-10(7-12)5-6-13-11/h5-6,9H,3-4,7-8,12H2,1-2H3. The first kappa shape index (κ1) is 11.3. The molecular weight excluding hydrogens is 178 g/mol. The van der Waals surface area contributed by atoms with E-state index in [0.29, 0.717) is 13.2 Å². The van der Waals surface area contributed by atoms with Gasteiger partial charge in [0.1, 0.15) is 12.4 Å². The Morgan fingerprint density at radius 1 is 1.57 bits per heavy atom. The van der Waals surface area contributed by atoms with Crippen molar-refractivity contribution in [1.82, 2.24) is 0 Å². The van der Waals surface area contributed by atoms with E-state index >= 15 is 0 Å². The van der Waals surface area contributed by atoms with Crippen LogP contribution in [0.5, 0.6) is 0 Å². The first-order chi connectivity index (χ1) is 6.77. The lowest BCUT2D eigenvalue weighted by molar-refractivity contribution is 0.0367. The van der Waals surface area contributed by atoms with Gasteiger partial charge in [0.2, 0.25) is 0 Å². The molecule has 0 aliphatic heterocycles. The Bertz CT molecular complexity index is 258. The van der Waals surface area contributed by atoms with Gasteiger partial charge in [-0.3, -0.25) is 0 Å². The Balaban J connectivity index is 2.37. The lowest BCUT2D eigenvalue weighted by Gasteiger charge is -2.10. The summed E-state index contributed by atoms with van der Waals surface area (Å²) >= 11 is 0. The molecule has 0 bridgehead atoms. The van der Waals surface area contributed by atoms with Crippen molar-refractivity contribution in [2.45, 2.75) is 45.9 Å². The maximum atomic E-state index is 5.62. The van der Waals surface area contributed by atoms with Crippen molar-refractivity contribution >= 4 is 0 Å². The number of furan rings is 1. The molecule has 0 spiro atoms. The van der Waals surface area contributed by atoms with Crippen LogP contribution in [0.1, 0.15) is 38.0 Å². The van der Waals surface area contributed by atoms with Crippen LogP contribution < -0.4 is 5.73 Å². The van der Waals surface area contributed by atoms with Crippen LogP contribution in [0.3, 0.4) is 0 Å². The van der Waals surface area contributed by atoms with Crippen molar-refractivity contribution in [3.63, 3.8) is 0 Å². The van der Waals surface area contributed by atoms with Crippen LogP contribution >= 0.6 is 0 Å². The number of hydrogen-bond acceptors (Lipinski definition) is 3. The second kappa shape index (κ2) is 5.83. The summed E-state index contributed by atoms with van der Waals surface area (Å²) in [7, 11) is 0. The lowest BCUT2D eigenvalue weighted by Crippen LogP contribution is -2.08. The molecule has 3 heteroatoms. The maximum Gasteiger partial charge on any atom is 0.133 e. The number of hydrogen-bond donors (Lipinski definition) is 1. The molecule has 0 aliphatic rings. The van der Waals surface area contributed by atoms with Crippen molar-refractivity contribution in [3.05, 3.63) is 23.7 Å². The number of rotatable bonds is 6. The molecule has 0 fully saturated rings. The van der Waals surface area contributed by atoms with E-state index in [0.717, 1.165) is 24.2 Å². The molecule has 0 amide bonds. The Morgan fingerprint density at radius 2 is 2.36 bits per heavy atom. The van der Waals surface area contributed by atoms with Crippen LogP contribution in [0.15, 0.2) is 16.7 Å². The average molecular weight is 197 g/mol. The minimum Gasteiger partial charge on any atom is -0.467 e. The minimum atomic E-state index is 0.288. The van der Waals surface area contributed by atoms with Crippen LogP contribution in [-0.4, -0.2) is 6.10 Å². The van der Waals surface area contributed by atoms with E-state index in [1.165, 1.54) is 0 Å². The topological polar surface area (TPSA) is 48.4 Å². The molecule has 1 unspecified atom stereocenters. The smallest absolute Gasteiger partial charge is 0.133 e. The van der Waals surface area contributed by atoms with E-state index in [1.54, 1.807) is 6.26 Å². The molecule has 1 heterocycles. The molecule has 0 saturated carbocycles. The predicted octanol–water partition coefficient (Wildman–Crippen LogP) is 2.44. The lowest BCUT2D eigenvalue weighted by atomic mass is 10.2. The monoisotopic (exact) mass is 197 g/mol. The van der Waals surface area contributed by atoms with Crippen LogP contribution in [0.4, 0.5) is 0 Å². The van der Waals surface area contributed by atoms with Gasteiger partial charge in [0.05, 0.1) is 12.4 Å². The number of ether oxygens (including phenoxy) is 1. The average Bonchev–Trinajstić information content (AvgIpc) is 2.62.